The molecular weight excluding hydrogens is 198 g/mol. The lowest BCUT2D eigenvalue weighted by molar-refractivity contribution is 0.106. The van der Waals surface area contributed by atoms with Crippen LogP contribution in [0.3, 0.4) is 0 Å². The minimum atomic E-state index is 0.597. The lowest BCUT2D eigenvalue weighted by atomic mass is 10.2. The van der Waals surface area contributed by atoms with Crippen LogP contribution in [0.4, 0.5) is 0 Å². The summed E-state index contributed by atoms with van der Waals surface area (Å²) >= 11 is 0. The molecule has 0 unspecified atom stereocenters. The Balaban J connectivity index is 2.40. The number of hydrogen-bond acceptors (Lipinski definition) is 2. The van der Waals surface area contributed by atoms with Gasteiger partial charge in [-0.3, -0.25) is 0 Å². The molecule has 0 radical (unpaired) electrons. The van der Waals surface area contributed by atoms with Gasteiger partial charge in [0.15, 0.2) is 5.88 Å². The Morgan fingerprint density at radius 1 is 1.25 bits per heavy atom. The Kier molecular flexibility index (Phi) is 5.48. The lowest BCUT2D eigenvalue weighted by Gasteiger charge is -2.24. The fourth-order valence-electron chi connectivity index (χ4n) is 1.56. The molecule has 0 atom stereocenters. The van der Waals surface area contributed by atoms with E-state index in [1.54, 1.807) is 0 Å². The highest BCUT2D eigenvalue weighted by molar-refractivity contribution is 5.13. The Morgan fingerprint density at radius 2 is 1.94 bits per heavy atom. The van der Waals surface area contributed by atoms with Gasteiger partial charge in [0.05, 0.1) is 0 Å². The fourth-order valence-corrected chi connectivity index (χ4v) is 1.56. The lowest BCUT2D eigenvalue weighted by Crippen LogP contribution is -2.24. The van der Waals surface area contributed by atoms with E-state index in [9.17, 15) is 0 Å². The predicted molar refractivity (Wildman–Crippen MR) is 67.9 cm³/mol. The van der Waals surface area contributed by atoms with Crippen LogP contribution in [0.25, 0.3) is 0 Å². The van der Waals surface area contributed by atoms with Crippen molar-refractivity contribution in [1.29, 1.82) is 0 Å². The normalized spacial score (nSPS) is 9.88. The van der Waals surface area contributed by atoms with Crippen LogP contribution in [0, 0.1) is 0 Å². The quantitative estimate of drug-likeness (QED) is 0.652. The molecule has 0 spiro atoms. The molecule has 0 aliphatic rings. The third-order valence-corrected chi connectivity index (χ3v) is 2.48. The molecule has 16 heavy (non-hydrogen) atoms. The monoisotopic (exact) mass is 219 g/mol. The minimum Gasteiger partial charge on any atom is -0.475 e. The van der Waals surface area contributed by atoms with Crippen molar-refractivity contribution in [3.63, 3.8) is 0 Å². The van der Waals surface area contributed by atoms with Gasteiger partial charge in [0.1, 0.15) is 6.61 Å². The van der Waals surface area contributed by atoms with Crippen molar-refractivity contribution in [2.24, 2.45) is 0 Å². The van der Waals surface area contributed by atoms with Gasteiger partial charge in [-0.2, -0.15) is 0 Å². The molecule has 0 N–H and O–H groups in total. The smallest absolute Gasteiger partial charge is 0.182 e. The van der Waals surface area contributed by atoms with E-state index in [1.165, 1.54) is 5.56 Å². The van der Waals surface area contributed by atoms with E-state index in [-0.39, 0.29) is 0 Å². The van der Waals surface area contributed by atoms with Gasteiger partial charge in [-0.25, -0.2) is 0 Å². The van der Waals surface area contributed by atoms with Crippen LogP contribution in [-0.2, 0) is 11.3 Å². The summed E-state index contributed by atoms with van der Waals surface area (Å²) in [5.74, 6) is 0.771. The Labute approximate surface area is 98.5 Å². The summed E-state index contributed by atoms with van der Waals surface area (Å²) < 4.78 is 5.67. The molecule has 0 amide bonds. The molecule has 1 aromatic carbocycles. The highest BCUT2D eigenvalue weighted by Crippen LogP contribution is 2.08. The SMILES string of the molecule is C=C(OCc1ccccc1)N(CC)CCC. The number of rotatable bonds is 7. The number of hydrogen-bond donors (Lipinski definition) is 0. The maximum atomic E-state index is 5.67. The molecular formula is C14H21NO. The molecule has 1 rings (SSSR count). The van der Waals surface area contributed by atoms with E-state index in [4.69, 9.17) is 4.74 Å². The second-order valence-corrected chi connectivity index (χ2v) is 3.75. The molecule has 0 saturated heterocycles. The van der Waals surface area contributed by atoms with Crippen molar-refractivity contribution in [1.82, 2.24) is 4.90 Å². The summed E-state index contributed by atoms with van der Waals surface area (Å²) in [6, 6.07) is 10.2. The van der Waals surface area contributed by atoms with Crippen molar-refractivity contribution >= 4 is 0 Å². The fraction of sp³-hybridized carbons (Fsp3) is 0.429. The molecule has 0 heterocycles. The maximum absolute atomic E-state index is 5.67. The second kappa shape index (κ2) is 6.94. The molecule has 1 aromatic rings. The number of ether oxygens (including phenoxy) is 1. The van der Waals surface area contributed by atoms with Crippen LogP contribution < -0.4 is 0 Å². The van der Waals surface area contributed by atoms with E-state index >= 15 is 0 Å². The van der Waals surface area contributed by atoms with E-state index in [0.29, 0.717) is 6.61 Å². The van der Waals surface area contributed by atoms with Crippen molar-refractivity contribution in [3.8, 4) is 0 Å². The zero-order valence-electron chi connectivity index (χ0n) is 10.3. The van der Waals surface area contributed by atoms with Gasteiger partial charge in [-0.15, -0.1) is 0 Å². The number of nitrogens with zero attached hydrogens (tertiary/aromatic N) is 1. The van der Waals surface area contributed by atoms with Crippen LogP contribution in [0.2, 0.25) is 0 Å². The summed E-state index contributed by atoms with van der Waals surface area (Å²) in [5, 5.41) is 0. The van der Waals surface area contributed by atoms with Gasteiger partial charge >= 0.3 is 0 Å². The molecule has 0 aliphatic carbocycles. The highest BCUT2D eigenvalue weighted by atomic mass is 16.5. The topological polar surface area (TPSA) is 12.5 Å². The first kappa shape index (κ1) is 12.6. The van der Waals surface area contributed by atoms with Crippen LogP contribution in [-0.4, -0.2) is 18.0 Å². The van der Waals surface area contributed by atoms with E-state index in [0.717, 1.165) is 25.4 Å². The average Bonchev–Trinajstić information content (AvgIpc) is 2.34. The summed E-state index contributed by atoms with van der Waals surface area (Å²) in [6.45, 7) is 10.8. The maximum Gasteiger partial charge on any atom is 0.182 e. The largest absolute Gasteiger partial charge is 0.475 e. The summed E-state index contributed by atoms with van der Waals surface area (Å²) in [5.41, 5.74) is 1.18. The Hall–Kier alpha value is -1.44. The molecule has 0 aromatic heterocycles. The van der Waals surface area contributed by atoms with Crippen LogP contribution in [0.5, 0.6) is 0 Å². The minimum absolute atomic E-state index is 0.597. The van der Waals surface area contributed by atoms with Gasteiger partial charge in [-0.1, -0.05) is 37.3 Å². The molecule has 88 valence electrons. The zero-order chi connectivity index (χ0) is 11.8. The summed E-state index contributed by atoms with van der Waals surface area (Å²) in [4.78, 5) is 2.16. The van der Waals surface area contributed by atoms with Crippen LogP contribution in [0.1, 0.15) is 25.8 Å². The highest BCUT2D eigenvalue weighted by Gasteiger charge is 2.04. The van der Waals surface area contributed by atoms with Gasteiger partial charge in [0.2, 0.25) is 0 Å². The third-order valence-electron chi connectivity index (χ3n) is 2.48. The van der Waals surface area contributed by atoms with E-state index < -0.39 is 0 Å². The van der Waals surface area contributed by atoms with Crippen molar-refractivity contribution in [2.45, 2.75) is 26.9 Å². The zero-order valence-corrected chi connectivity index (χ0v) is 10.3. The molecule has 0 bridgehead atoms. The Morgan fingerprint density at radius 3 is 2.50 bits per heavy atom. The summed E-state index contributed by atoms with van der Waals surface area (Å²) in [7, 11) is 0. The van der Waals surface area contributed by atoms with Gasteiger partial charge in [0, 0.05) is 13.1 Å². The number of benzene rings is 1. The van der Waals surface area contributed by atoms with Crippen LogP contribution in [0.15, 0.2) is 42.8 Å². The predicted octanol–water partition coefficient (Wildman–Crippen LogP) is 3.41. The molecule has 0 aliphatic heterocycles. The molecule has 0 fully saturated rings. The average molecular weight is 219 g/mol. The molecule has 2 heteroatoms. The first-order chi connectivity index (χ1) is 7.77. The first-order valence-corrected chi connectivity index (χ1v) is 5.88. The van der Waals surface area contributed by atoms with Gasteiger partial charge in [0.25, 0.3) is 0 Å². The van der Waals surface area contributed by atoms with Gasteiger partial charge in [-0.05, 0) is 25.5 Å². The van der Waals surface area contributed by atoms with Crippen LogP contribution >= 0.6 is 0 Å². The first-order valence-electron chi connectivity index (χ1n) is 5.88. The summed E-state index contributed by atoms with van der Waals surface area (Å²) in [6.07, 6.45) is 1.11. The van der Waals surface area contributed by atoms with E-state index in [2.05, 4.69) is 37.5 Å². The van der Waals surface area contributed by atoms with Crippen molar-refractivity contribution in [2.75, 3.05) is 13.1 Å². The Bertz CT molecular complexity index is 308. The van der Waals surface area contributed by atoms with Crippen molar-refractivity contribution in [3.05, 3.63) is 48.4 Å². The van der Waals surface area contributed by atoms with Crippen molar-refractivity contribution < 1.29 is 4.74 Å². The van der Waals surface area contributed by atoms with E-state index in [1.807, 2.05) is 18.2 Å². The molecule has 2 nitrogen and oxygen atoms in total. The third kappa shape index (κ3) is 3.97. The standard InChI is InChI=1S/C14H21NO/c1-4-11-15(5-2)13(3)16-12-14-9-7-6-8-10-14/h6-10H,3-5,11-12H2,1-2H3. The second-order valence-electron chi connectivity index (χ2n) is 3.75. The molecule has 0 saturated carbocycles. The van der Waals surface area contributed by atoms with Gasteiger partial charge < -0.3 is 9.64 Å².